The van der Waals surface area contributed by atoms with Gasteiger partial charge in [0.1, 0.15) is 0 Å². The third-order valence-electron chi connectivity index (χ3n) is 2.34. The summed E-state index contributed by atoms with van der Waals surface area (Å²) in [5, 5.41) is 4.90. The highest BCUT2D eigenvalue weighted by molar-refractivity contribution is 7.80. The van der Waals surface area contributed by atoms with Gasteiger partial charge < -0.3 is 16.4 Å². The summed E-state index contributed by atoms with van der Waals surface area (Å²) in [5.74, 6) is -0.481. The third-order valence-corrected chi connectivity index (χ3v) is 2.74. The van der Waals surface area contributed by atoms with E-state index >= 15 is 0 Å². The van der Waals surface area contributed by atoms with Crippen LogP contribution >= 0.6 is 12.2 Å². The van der Waals surface area contributed by atoms with Crippen molar-refractivity contribution in [1.29, 1.82) is 0 Å². The van der Waals surface area contributed by atoms with Crippen LogP contribution in [0.15, 0.2) is 0 Å². The van der Waals surface area contributed by atoms with Gasteiger partial charge in [-0.1, -0.05) is 12.2 Å². The van der Waals surface area contributed by atoms with Crippen LogP contribution in [0.5, 0.6) is 0 Å². The first-order valence-electron chi connectivity index (χ1n) is 4.32. The summed E-state index contributed by atoms with van der Waals surface area (Å²) in [4.78, 5) is 22.6. The molecule has 6 heteroatoms. The van der Waals surface area contributed by atoms with E-state index in [2.05, 4.69) is 10.6 Å². The normalized spacial score (nSPS) is 16.9. The molecule has 0 aromatic carbocycles. The molecule has 78 valence electrons. The van der Waals surface area contributed by atoms with Crippen LogP contribution < -0.4 is 16.4 Å². The maximum absolute atomic E-state index is 11.5. The number of rotatable bonds is 4. The van der Waals surface area contributed by atoms with Gasteiger partial charge in [-0.2, -0.15) is 0 Å². The molecule has 0 atom stereocenters. The van der Waals surface area contributed by atoms with Gasteiger partial charge >= 0.3 is 0 Å². The highest BCUT2D eigenvalue weighted by Gasteiger charge is 2.52. The Kier molecular flexibility index (Phi) is 3.05. The van der Waals surface area contributed by atoms with Crippen molar-refractivity contribution in [3.8, 4) is 0 Å². The van der Waals surface area contributed by atoms with Gasteiger partial charge in [-0.25, -0.2) is 0 Å². The van der Waals surface area contributed by atoms with Crippen molar-refractivity contribution in [1.82, 2.24) is 10.6 Å². The molecule has 1 saturated carbocycles. The summed E-state index contributed by atoms with van der Waals surface area (Å²) in [5.41, 5.74) is 4.77. The number of likely N-dealkylation sites (N-methyl/N-ethyl adjacent to an activating group) is 1. The predicted octanol–water partition coefficient (Wildman–Crippen LogP) is -1.09. The van der Waals surface area contributed by atoms with Crippen LogP contribution in [-0.2, 0) is 9.59 Å². The molecule has 0 unspecified atom stereocenters. The van der Waals surface area contributed by atoms with Gasteiger partial charge in [0.2, 0.25) is 11.8 Å². The molecule has 14 heavy (non-hydrogen) atoms. The van der Waals surface area contributed by atoms with Crippen molar-refractivity contribution in [2.75, 3.05) is 13.6 Å². The zero-order valence-electron chi connectivity index (χ0n) is 7.92. The van der Waals surface area contributed by atoms with Gasteiger partial charge in [0, 0.05) is 7.05 Å². The quantitative estimate of drug-likeness (QED) is 0.521. The molecule has 0 aliphatic heterocycles. The second-order valence-electron chi connectivity index (χ2n) is 3.30. The fourth-order valence-electron chi connectivity index (χ4n) is 1.13. The van der Waals surface area contributed by atoms with Crippen molar-refractivity contribution >= 4 is 29.0 Å². The number of carbonyl (C=O) groups is 2. The van der Waals surface area contributed by atoms with E-state index in [1.165, 1.54) is 7.05 Å². The summed E-state index contributed by atoms with van der Waals surface area (Å²) in [6.45, 7) is -0.0281. The zero-order valence-corrected chi connectivity index (χ0v) is 8.74. The van der Waals surface area contributed by atoms with Crippen LogP contribution in [0.1, 0.15) is 12.8 Å². The first-order chi connectivity index (χ1) is 6.53. The maximum Gasteiger partial charge on any atom is 0.239 e. The van der Waals surface area contributed by atoms with Gasteiger partial charge in [-0.15, -0.1) is 0 Å². The Balaban J connectivity index is 2.43. The summed E-state index contributed by atoms with van der Waals surface area (Å²) >= 11 is 4.80. The van der Waals surface area contributed by atoms with E-state index in [1.54, 1.807) is 0 Å². The average Bonchev–Trinajstić information content (AvgIpc) is 2.94. The van der Waals surface area contributed by atoms with Crippen LogP contribution in [0.2, 0.25) is 0 Å². The van der Waals surface area contributed by atoms with Crippen molar-refractivity contribution in [3.05, 3.63) is 0 Å². The molecule has 0 radical (unpaired) electrons. The topological polar surface area (TPSA) is 84.2 Å². The summed E-state index contributed by atoms with van der Waals surface area (Å²) in [7, 11) is 1.51. The van der Waals surface area contributed by atoms with E-state index in [4.69, 9.17) is 18.0 Å². The van der Waals surface area contributed by atoms with Crippen LogP contribution in [0, 0.1) is 5.41 Å². The van der Waals surface area contributed by atoms with E-state index in [1.807, 2.05) is 0 Å². The Morgan fingerprint density at radius 3 is 2.43 bits per heavy atom. The molecule has 4 N–H and O–H groups in total. The number of hydrogen-bond acceptors (Lipinski definition) is 3. The summed E-state index contributed by atoms with van der Waals surface area (Å²) in [6.07, 6.45) is 1.36. The Labute approximate surface area is 87.4 Å². The average molecular weight is 215 g/mol. The SMILES string of the molecule is CNC(=O)CNC(=O)C1(C(N)=S)CC1. The maximum atomic E-state index is 11.5. The predicted molar refractivity (Wildman–Crippen MR) is 55.5 cm³/mol. The molecule has 2 amide bonds. The third kappa shape index (κ3) is 2.01. The highest BCUT2D eigenvalue weighted by Crippen LogP contribution is 2.46. The molecule has 0 spiro atoms. The van der Waals surface area contributed by atoms with E-state index in [0.29, 0.717) is 12.8 Å². The lowest BCUT2D eigenvalue weighted by Crippen LogP contribution is -2.43. The van der Waals surface area contributed by atoms with Crippen molar-refractivity contribution in [2.24, 2.45) is 11.1 Å². The number of amides is 2. The number of thiocarbonyl (C=S) groups is 1. The number of nitrogens with one attached hydrogen (secondary N) is 2. The fourth-order valence-corrected chi connectivity index (χ4v) is 1.43. The second kappa shape index (κ2) is 3.91. The first-order valence-corrected chi connectivity index (χ1v) is 4.72. The standard InChI is InChI=1S/C8H13N3O2S/c1-10-5(12)4-11-7(13)8(2-3-8)6(9)14/h2-4H2,1H3,(H2,9,14)(H,10,12)(H,11,13). The molecule has 0 aromatic heterocycles. The molecule has 0 bridgehead atoms. The smallest absolute Gasteiger partial charge is 0.239 e. The van der Waals surface area contributed by atoms with Crippen molar-refractivity contribution in [2.45, 2.75) is 12.8 Å². The number of nitrogens with two attached hydrogens (primary N) is 1. The van der Waals surface area contributed by atoms with Gasteiger partial charge in [0.05, 0.1) is 16.9 Å². The molecule has 1 fully saturated rings. The molecular weight excluding hydrogens is 202 g/mol. The molecule has 5 nitrogen and oxygen atoms in total. The highest BCUT2D eigenvalue weighted by atomic mass is 32.1. The van der Waals surface area contributed by atoms with Crippen molar-refractivity contribution < 1.29 is 9.59 Å². The van der Waals surface area contributed by atoms with Crippen LogP contribution in [-0.4, -0.2) is 30.4 Å². The molecule has 1 aliphatic carbocycles. The van der Waals surface area contributed by atoms with Crippen LogP contribution in [0.25, 0.3) is 0 Å². The van der Waals surface area contributed by atoms with Crippen molar-refractivity contribution in [3.63, 3.8) is 0 Å². The molecular formula is C8H13N3O2S. The minimum absolute atomic E-state index is 0.0281. The minimum atomic E-state index is -0.677. The Morgan fingerprint density at radius 1 is 1.50 bits per heavy atom. The van der Waals surface area contributed by atoms with E-state index < -0.39 is 5.41 Å². The molecule has 0 heterocycles. The summed E-state index contributed by atoms with van der Waals surface area (Å²) in [6, 6.07) is 0. The largest absolute Gasteiger partial charge is 0.392 e. The zero-order chi connectivity index (χ0) is 10.8. The van der Waals surface area contributed by atoms with Gasteiger partial charge in [-0.05, 0) is 12.8 Å². The summed E-state index contributed by atoms with van der Waals surface area (Å²) < 4.78 is 0. The monoisotopic (exact) mass is 215 g/mol. The second-order valence-corrected chi connectivity index (χ2v) is 3.74. The van der Waals surface area contributed by atoms with Gasteiger partial charge in [0.25, 0.3) is 0 Å². The lowest BCUT2D eigenvalue weighted by Gasteiger charge is -2.12. The van der Waals surface area contributed by atoms with Crippen LogP contribution in [0.4, 0.5) is 0 Å². The van der Waals surface area contributed by atoms with Gasteiger partial charge in [-0.3, -0.25) is 9.59 Å². The lowest BCUT2D eigenvalue weighted by atomic mass is 10.1. The Bertz CT molecular complexity index is 286. The molecule has 0 aromatic rings. The number of hydrogen-bond donors (Lipinski definition) is 3. The Hall–Kier alpha value is -1.17. The molecule has 1 aliphatic rings. The first kappa shape index (κ1) is 10.9. The minimum Gasteiger partial charge on any atom is -0.392 e. The van der Waals surface area contributed by atoms with Gasteiger partial charge in [0.15, 0.2) is 0 Å². The number of carbonyl (C=O) groups excluding carboxylic acids is 2. The molecule has 0 saturated heterocycles. The van der Waals surface area contributed by atoms with E-state index in [0.717, 1.165) is 0 Å². The molecule has 1 rings (SSSR count). The lowest BCUT2D eigenvalue weighted by molar-refractivity contribution is -0.127. The van der Waals surface area contributed by atoms with Crippen LogP contribution in [0.3, 0.4) is 0 Å². The van der Waals surface area contributed by atoms with E-state index in [-0.39, 0.29) is 23.3 Å². The Morgan fingerprint density at radius 2 is 2.07 bits per heavy atom. The fraction of sp³-hybridized carbons (Fsp3) is 0.625. The van der Waals surface area contributed by atoms with E-state index in [9.17, 15) is 9.59 Å².